The topological polar surface area (TPSA) is 116 Å². The van der Waals surface area contributed by atoms with Crippen molar-refractivity contribution in [2.24, 2.45) is 0 Å². The van der Waals surface area contributed by atoms with E-state index in [1.807, 2.05) is 6.07 Å². The van der Waals surface area contributed by atoms with Gasteiger partial charge in [-0.05, 0) is 57.4 Å². The summed E-state index contributed by atoms with van der Waals surface area (Å²) in [7, 11) is 0. The number of carbonyl (C=O) groups is 1. The number of halogens is 4. The van der Waals surface area contributed by atoms with E-state index in [0.29, 0.717) is 29.7 Å². The molecule has 1 fully saturated rings. The van der Waals surface area contributed by atoms with E-state index in [2.05, 4.69) is 20.7 Å². The van der Waals surface area contributed by atoms with E-state index in [9.17, 15) is 28.3 Å². The summed E-state index contributed by atoms with van der Waals surface area (Å²) in [6.07, 6.45) is 0.320. The van der Waals surface area contributed by atoms with E-state index < -0.39 is 23.4 Å². The van der Waals surface area contributed by atoms with Crippen LogP contribution in [0.5, 0.6) is 0 Å². The van der Waals surface area contributed by atoms with Gasteiger partial charge in [-0.2, -0.15) is 23.5 Å². The predicted octanol–water partition coefficient (Wildman–Crippen LogP) is 5.29. The smallest absolute Gasteiger partial charge is 0.389 e. The summed E-state index contributed by atoms with van der Waals surface area (Å²) in [4.78, 5) is 16.8. The van der Waals surface area contributed by atoms with Crippen LogP contribution in [0.1, 0.15) is 67.7 Å². The monoisotopic (exact) mass is 548 g/mol. The standard InChI is InChI=1S/C26H28ClF3N6O2/c1-25(2,38)14-36-13-19(22(12-31)35-36)24(37)33-17-6-4-3-5-16(10-17)32-21-11-23(26(28,29)30)34-20-8-7-15(27)9-18(20)21/h7-9,11,13,16-17,38H,3-6,10,14H2,1-2H3,(H,32,34)(H,33,37)/t16-,17-/m1/s1. The van der Waals surface area contributed by atoms with Gasteiger partial charge in [-0.1, -0.05) is 24.4 Å². The molecule has 202 valence electrons. The zero-order valence-corrected chi connectivity index (χ0v) is 21.7. The van der Waals surface area contributed by atoms with Crippen molar-refractivity contribution in [3.05, 3.63) is 52.4 Å². The fourth-order valence-electron chi connectivity index (χ4n) is 4.72. The molecule has 0 saturated heterocycles. The maximum Gasteiger partial charge on any atom is 0.433 e. The lowest BCUT2D eigenvalue weighted by Gasteiger charge is -2.24. The first-order chi connectivity index (χ1) is 17.8. The van der Waals surface area contributed by atoms with Crippen LogP contribution < -0.4 is 10.6 Å². The number of nitrogens with zero attached hydrogens (tertiary/aromatic N) is 4. The molecule has 38 heavy (non-hydrogen) atoms. The van der Waals surface area contributed by atoms with Crippen LogP contribution in [-0.2, 0) is 12.7 Å². The first-order valence-corrected chi connectivity index (χ1v) is 12.6. The number of nitriles is 1. The molecule has 1 amide bonds. The van der Waals surface area contributed by atoms with Gasteiger partial charge in [-0.3, -0.25) is 9.48 Å². The number of rotatable bonds is 6. The van der Waals surface area contributed by atoms with E-state index in [4.69, 9.17) is 11.6 Å². The van der Waals surface area contributed by atoms with Gasteiger partial charge >= 0.3 is 6.18 Å². The number of fused-ring (bicyclic) bond motifs is 1. The minimum absolute atomic E-state index is 0.0464. The number of nitrogens with one attached hydrogen (secondary N) is 2. The average Bonchev–Trinajstić information content (AvgIpc) is 3.09. The van der Waals surface area contributed by atoms with Crippen molar-refractivity contribution in [2.45, 2.75) is 76.4 Å². The number of anilines is 1. The van der Waals surface area contributed by atoms with Gasteiger partial charge in [0, 0.05) is 34.4 Å². The molecular formula is C26H28ClF3N6O2. The number of aromatic nitrogens is 3. The number of alkyl halides is 3. The van der Waals surface area contributed by atoms with Crippen LogP contribution in [0.25, 0.3) is 10.9 Å². The van der Waals surface area contributed by atoms with Crippen molar-refractivity contribution in [1.29, 1.82) is 5.26 Å². The molecule has 0 bridgehead atoms. The number of hydrogen-bond donors (Lipinski definition) is 3. The lowest BCUT2D eigenvalue weighted by atomic mass is 10.0. The highest BCUT2D eigenvalue weighted by Crippen LogP contribution is 2.35. The third kappa shape index (κ3) is 6.74. The van der Waals surface area contributed by atoms with E-state index in [1.165, 1.54) is 23.0 Å². The third-order valence-corrected chi connectivity index (χ3v) is 6.58. The van der Waals surface area contributed by atoms with Crippen LogP contribution in [0.2, 0.25) is 5.02 Å². The summed E-state index contributed by atoms with van der Waals surface area (Å²) in [5.41, 5.74) is -1.57. The van der Waals surface area contributed by atoms with Gasteiger partial charge in [0.25, 0.3) is 5.91 Å². The lowest BCUT2D eigenvalue weighted by molar-refractivity contribution is -0.140. The van der Waals surface area contributed by atoms with Gasteiger partial charge in [-0.25, -0.2) is 4.98 Å². The van der Waals surface area contributed by atoms with E-state index >= 15 is 0 Å². The molecule has 0 radical (unpaired) electrons. The molecule has 0 unspecified atom stereocenters. The number of pyridine rings is 1. The Balaban J connectivity index is 1.54. The molecule has 0 aliphatic heterocycles. The van der Waals surface area contributed by atoms with Crippen LogP contribution in [-0.4, -0.2) is 43.5 Å². The summed E-state index contributed by atoms with van der Waals surface area (Å²) in [5, 5.41) is 30.7. The summed E-state index contributed by atoms with van der Waals surface area (Å²) < 4.78 is 42.0. The van der Waals surface area contributed by atoms with Crippen LogP contribution in [0.15, 0.2) is 30.5 Å². The Bertz CT molecular complexity index is 1380. The molecule has 4 rings (SSSR count). The first kappa shape index (κ1) is 27.7. The second-order valence-electron chi connectivity index (χ2n) is 10.3. The lowest BCUT2D eigenvalue weighted by Crippen LogP contribution is -2.38. The molecular weight excluding hydrogens is 521 g/mol. The van der Waals surface area contributed by atoms with Crippen molar-refractivity contribution in [3.63, 3.8) is 0 Å². The van der Waals surface area contributed by atoms with Crippen LogP contribution in [0, 0.1) is 11.3 Å². The van der Waals surface area contributed by atoms with Crippen molar-refractivity contribution >= 4 is 34.1 Å². The number of carbonyl (C=O) groups excluding carboxylic acids is 1. The Labute approximate surface area is 222 Å². The minimum Gasteiger partial charge on any atom is -0.389 e. The minimum atomic E-state index is -4.61. The highest BCUT2D eigenvalue weighted by Gasteiger charge is 2.34. The van der Waals surface area contributed by atoms with Gasteiger partial charge in [-0.15, -0.1) is 0 Å². The molecule has 2 aromatic heterocycles. The van der Waals surface area contributed by atoms with E-state index in [1.54, 1.807) is 19.9 Å². The van der Waals surface area contributed by atoms with Crippen molar-refractivity contribution in [2.75, 3.05) is 5.32 Å². The molecule has 3 aromatic rings. The van der Waals surface area contributed by atoms with Crippen molar-refractivity contribution < 1.29 is 23.1 Å². The second-order valence-corrected chi connectivity index (χ2v) is 10.7. The highest BCUT2D eigenvalue weighted by molar-refractivity contribution is 6.31. The Hall–Kier alpha value is -3.36. The van der Waals surface area contributed by atoms with Crippen LogP contribution >= 0.6 is 11.6 Å². The molecule has 0 spiro atoms. The molecule has 1 aliphatic carbocycles. The maximum atomic E-state index is 13.5. The summed E-state index contributed by atoms with van der Waals surface area (Å²) in [6.45, 7) is 3.29. The maximum absolute atomic E-state index is 13.5. The summed E-state index contributed by atoms with van der Waals surface area (Å²) >= 11 is 6.12. The molecule has 3 N–H and O–H groups in total. The van der Waals surface area contributed by atoms with E-state index in [0.717, 1.165) is 18.9 Å². The quantitative estimate of drug-likeness (QED) is 0.360. The SMILES string of the molecule is CC(C)(O)Cn1cc(C(=O)N[C@@H]2CCCC[C@@H](Nc3cc(C(F)(F)F)nc4ccc(Cl)cc34)C2)c(C#N)n1. The van der Waals surface area contributed by atoms with Crippen LogP contribution in [0.3, 0.4) is 0 Å². The number of amides is 1. The van der Waals surface area contributed by atoms with Gasteiger partial charge in [0.1, 0.15) is 11.8 Å². The Morgan fingerprint density at radius 1 is 1.24 bits per heavy atom. The number of hydrogen-bond acceptors (Lipinski definition) is 6. The fourth-order valence-corrected chi connectivity index (χ4v) is 4.89. The molecule has 12 heteroatoms. The van der Waals surface area contributed by atoms with Crippen molar-refractivity contribution in [1.82, 2.24) is 20.1 Å². The van der Waals surface area contributed by atoms with Crippen LogP contribution in [0.4, 0.5) is 18.9 Å². The molecule has 1 aromatic carbocycles. The Kier molecular flexibility index (Phi) is 7.85. The molecule has 1 saturated carbocycles. The van der Waals surface area contributed by atoms with Gasteiger partial charge in [0.2, 0.25) is 0 Å². The Morgan fingerprint density at radius 3 is 2.61 bits per heavy atom. The van der Waals surface area contributed by atoms with Crippen molar-refractivity contribution in [3.8, 4) is 6.07 Å². The zero-order valence-electron chi connectivity index (χ0n) is 20.9. The normalized spacial score (nSPS) is 18.6. The fraction of sp³-hybridized carbons (Fsp3) is 0.462. The van der Waals surface area contributed by atoms with Gasteiger partial charge in [0.15, 0.2) is 5.69 Å². The first-order valence-electron chi connectivity index (χ1n) is 12.3. The number of aliphatic hydroxyl groups is 1. The number of benzene rings is 1. The Morgan fingerprint density at radius 2 is 1.95 bits per heavy atom. The molecule has 8 nitrogen and oxygen atoms in total. The predicted molar refractivity (Wildman–Crippen MR) is 137 cm³/mol. The molecule has 2 heterocycles. The van der Waals surface area contributed by atoms with E-state index in [-0.39, 0.29) is 41.1 Å². The van der Waals surface area contributed by atoms with Gasteiger partial charge in [0.05, 0.1) is 23.2 Å². The third-order valence-electron chi connectivity index (χ3n) is 6.34. The largest absolute Gasteiger partial charge is 0.433 e. The summed E-state index contributed by atoms with van der Waals surface area (Å²) in [5.74, 6) is -0.463. The average molecular weight is 549 g/mol. The zero-order chi connectivity index (χ0) is 27.7. The molecule has 2 atom stereocenters. The van der Waals surface area contributed by atoms with Gasteiger partial charge < -0.3 is 15.7 Å². The summed E-state index contributed by atoms with van der Waals surface area (Å²) in [6, 6.07) is 6.95. The second kappa shape index (κ2) is 10.8. The molecule has 1 aliphatic rings. The highest BCUT2D eigenvalue weighted by atomic mass is 35.5.